The Kier molecular flexibility index (Phi) is 5.82. The second-order valence-electron chi connectivity index (χ2n) is 6.42. The third-order valence-corrected chi connectivity index (χ3v) is 5.41. The lowest BCUT2D eigenvalue weighted by Crippen LogP contribution is -2.23. The first kappa shape index (κ1) is 19.5. The topological polar surface area (TPSA) is 88.3 Å². The van der Waals surface area contributed by atoms with Crippen LogP contribution in [0.4, 0.5) is 11.4 Å². The van der Waals surface area contributed by atoms with E-state index < -0.39 is 0 Å². The monoisotopic (exact) mass is 428 g/mol. The lowest BCUT2D eigenvalue weighted by atomic mass is 10.2. The third-order valence-electron chi connectivity index (χ3n) is 4.34. The SMILES string of the molecule is O=C(CSc1nnc(-c2ccc(Cl)cc2)o1)Nc1cccc(N2CCCC2=O)c1. The fourth-order valence-corrected chi connectivity index (χ4v) is 3.66. The van der Waals surface area contributed by atoms with E-state index in [4.69, 9.17) is 16.0 Å². The molecule has 1 fully saturated rings. The summed E-state index contributed by atoms with van der Waals surface area (Å²) in [5.74, 6) is 0.394. The molecule has 2 aromatic carbocycles. The summed E-state index contributed by atoms with van der Waals surface area (Å²) in [4.78, 5) is 25.9. The number of hydrogen-bond acceptors (Lipinski definition) is 6. The van der Waals surface area contributed by atoms with Crippen molar-refractivity contribution in [3.63, 3.8) is 0 Å². The van der Waals surface area contributed by atoms with Gasteiger partial charge in [-0.15, -0.1) is 10.2 Å². The van der Waals surface area contributed by atoms with Gasteiger partial charge in [0.1, 0.15) is 0 Å². The molecule has 1 aromatic heterocycles. The maximum atomic E-state index is 12.3. The molecule has 1 N–H and O–H groups in total. The van der Waals surface area contributed by atoms with Crippen molar-refractivity contribution in [1.82, 2.24) is 10.2 Å². The standard InChI is InChI=1S/C20H17ClN4O3S/c21-14-8-6-13(7-9-14)19-23-24-20(28-19)29-12-17(26)22-15-3-1-4-16(11-15)25-10-2-5-18(25)27/h1,3-4,6-9,11H,2,5,10,12H2,(H,22,26). The van der Waals surface area contributed by atoms with Gasteiger partial charge in [0.15, 0.2) is 0 Å². The predicted molar refractivity (Wildman–Crippen MR) is 112 cm³/mol. The Balaban J connectivity index is 1.34. The van der Waals surface area contributed by atoms with Crippen molar-refractivity contribution in [2.75, 3.05) is 22.5 Å². The average molecular weight is 429 g/mol. The van der Waals surface area contributed by atoms with Crippen LogP contribution in [-0.4, -0.2) is 34.3 Å². The lowest BCUT2D eigenvalue weighted by Gasteiger charge is -2.16. The lowest BCUT2D eigenvalue weighted by molar-refractivity contribution is -0.117. The summed E-state index contributed by atoms with van der Waals surface area (Å²) < 4.78 is 5.58. The molecule has 4 rings (SSSR count). The molecule has 1 aliphatic rings. The van der Waals surface area contributed by atoms with Crippen molar-refractivity contribution in [1.29, 1.82) is 0 Å². The van der Waals surface area contributed by atoms with Crippen LogP contribution in [0.2, 0.25) is 5.02 Å². The molecule has 9 heteroatoms. The number of benzene rings is 2. The minimum atomic E-state index is -0.203. The molecular weight excluding hydrogens is 412 g/mol. The number of carbonyl (C=O) groups is 2. The zero-order valence-electron chi connectivity index (χ0n) is 15.3. The van der Waals surface area contributed by atoms with E-state index in [2.05, 4.69) is 15.5 Å². The number of rotatable bonds is 6. The number of nitrogens with one attached hydrogen (secondary N) is 1. The van der Waals surface area contributed by atoms with Gasteiger partial charge < -0.3 is 14.6 Å². The Morgan fingerprint density at radius 1 is 1.21 bits per heavy atom. The van der Waals surface area contributed by atoms with E-state index in [1.54, 1.807) is 41.3 Å². The molecule has 7 nitrogen and oxygen atoms in total. The number of hydrogen-bond donors (Lipinski definition) is 1. The Hall–Kier alpha value is -2.84. The van der Waals surface area contributed by atoms with E-state index in [9.17, 15) is 9.59 Å². The number of carbonyl (C=O) groups excluding carboxylic acids is 2. The number of amides is 2. The fourth-order valence-electron chi connectivity index (χ4n) is 2.97. The van der Waals surface area contributed by atoms with Crippen LogP contribution in [-0.2, 0) is 9.59 Å². The van der Waals surface area contributed by atoms with Gasteiger partial charge in [0.05, 0.1) is 5.75 Å². The van der Waals surface area contributed by atoms with Gasteiger partial charge in [-0.3, -0.25) is 9.59 Å². The highest BCUT2D eigenvalue weighted by molar-refractivity contribution is 7.99. The average Bonchev–Trinajstić information content (AvgIpc) is 3.36. The van der Waals surface area contributed by atoms with E-state index in [0.29, 0.717) is 34.8 Å². The second-order valence-corrected chi connectivity index (χ2v) is 7.78. The molecule has 148 valence electrons. The van der Waals surface area contributed by atoms with E-state index in [1.165, 1.54) is 0 Å². The minimum absolute atomic E-state index is 0.108. The molecule has 0 saturated carbocycles. The molecule has 3 aromatic rings. The number of anilines is 2. The Morgan fingerprint density at radius 2 is 2.03 bits per heavy atom. The van der Waals surface area contributed by atoms with Crippen LogP contribution in [0.3, 0.4) is 0 Å². The first-order valence-electron chi connectivity index (χ1n) is 9.01. The van der Waals surface area contributed by atoms with Gasteiger partial charge in [-0.1, -0.05) is 29.4 Å². The Morgan fingerprint density at radius 3 is 2.79 bits per heavy atom. The summed E-state index contributed by atoms with van der Waals surface area (Å²) >= 11 is 7.03. The molecular formula is C20H17ClN4O3S. The summed E-state index contributed by atoms with van der Waals surface area (Å²) in [5.41, 5.74) is 2.19. The highest BCUT2D eigenvalue weighted by atomic mass is 35.5. The largest absolute Gasteiger partial charge is 0.411 e. The zero-order valence-corrected chi connectivity index (χ0v) is 16.9. The number of aromatic nitrogens is 2. The van der Waals surface area contributed by atoms with Gasteiger partial charge in [-0.2, -0.15) is 0 Å². The van der Waals surface area contributed by atoms with Crippen molar-refractivity contribution in [3.8, 4) is 11.5 Å². The van der Waals surface area contributed by atoms with Gasteiger partial charge >= 0.3 is 0 Å². The summed E-state index contributed by atoms with van der Waals surface area (Å²) in [5, 5.41) is 11.7. The molecule has 1 saturated heterocycles. The Labute approximate surface area is 176 Å². The van der Waals surface area contributed by atoms with Crippen molar-refractivity contribution >= 4 is 46.6 Å². The van der Waals surface area contributed by atoms with Gasteiger partial charge in [0, 0.05) is 34.9 Å². The molecule has 0 radical (unpaired) electrons. The molecule has 0 atom stereocenters. The van der Waals surface area contributed by atoms with Crippen molar-refractivity contribution in [2.24, 2.45) is 0 Å². The third kappa shape index (κ3) is 4.78. The maximum absolute atomic E-state index is 12.3. The summed E-state index contributed by atoms with van der Waals surface area (Å²) in [7, 11) is 0. The second kappa shape index (κ2) is 8.67. The molecule has 2 amide bonds. The first-order valence-corrected chi connectivity index (χ1v) is 10.4. The molecule has 0 unspecified atom stereocenters. The van der Waals surface area contributed by atoms with Crippen molar-refractivity contribution < 1.29 is 14.0 Å². The number of thioether (sulfide) groups is 1. The molecule has 2 heterocycles. The predicted octanol–water partition coefficient (Wildman–Crippen LogP) is 4.25. The highest BCUT2D eigenvalue weighted by Crippen LogP contribution is 2.26. The van der Waals surface area contributed by atoms with Crippen LogP contribution in [0.5, 0.6) is 0 Å². The maximum Gasteiger partial charge on any atom is 0.277 e. The highest BCUT2D eigenvalue weighted by Gasteiger charge is 2.21. The number of nitrogens with zero attached hydrogens (tertiary/aromatic N) is 3. The van der Waals surface area contributed by atoms with E-state index in [-0.39, 0.29) is 17.6 Å². The van der Waals surface area contributed by atoms with E-state index in [1.807, 2.05) is 12.1 Å². The normalized spacial score (nSPS) is 13.7. The minimum Gasteiger partial charge on any atom is -0.411 e. The van der Waals surface area contributed by atoms with Crippen LogP contribution >= 0.6 is 23.4 Å². The summed E-state index contributed by atoms with van der Waals surface area (Å²) in [6.07, 6.45) is 1.42. The fraction of sp³-hybridized carbons (Fsp3) is 0.200. The molecule has 0 spiro atoms. The van der Waals surface area contributed by atoms with Gasteiger partial charge in [0.2, 0.25) is 17.7 Å². The Bertz CT molecular complexity index is 1040. The van der Waals surface area contributed by atoms with Crippen molar-refractivity contribution in [2.45, 2.75) is 18.1 Å². The molecule has 29 heavy (non-hydrogen) atoms. The molecule has 1 aliphatic heterocycles. The van der Waals surface area contributed by atoms with Gasteiger partial charge in [-0.25, -0.2) is 0 Å². The quantitative estimate of drug-likeness (QED) is 0.590. The van der Waals surface area contributed by atoms with Crippen LogP contribution < -0.4 is 10.2 Å². The van der Waals surface area contributed by atoms with E-state index >= 15 is 0 Å². The van der Waals surface area contributed by atoms with Crippen LogP contribution in [0.25, 0.3) is 11.5 Å². The smallest absolute Gasteiger partial charge is 0.277 e. The van der Waals surface area contributed by atoms with E-state index in [0.717, 1.165) is 29.4 Å². The van der Waals surface area contributed by atoms with Crippen LogP contribution in [0.1, 0.15) is 12.8 Å². The summed E-state index contributed by atoms with van der Waals surface area (Å²) in [6, 6.07) is 14.3. The van der Waals surface area contributed by atoms with Crippen LogP contribution in [0, 0.1) is 0 Å². The van der Waals surface area contributed by atoms with Gasteiger partial charge in [-0.05, 0) is 48.9 Å². The molecule has 0 aliphatic carbocycles. The molecule has 0 bridgehead atoms. The first-order chi connectivity index (χ1) is 14.1. The van der Waals surface area contributed by atoms with Crippen molar-refractivity contribution in [3.05, 3.63) is 53.6 Å². The van der Waals surface area contributed by atoms with Gasteiger partial charge in [0.25, 0.3) is 5.22 Å². The zero-order chi connectivity index (χ0) is 20.2. The number of halogens is 1. The van der Waals surface area contributed by atoms with Crippen LogP contribution in [0.15, 0.2) is 58.2 Å². The summed E-state index contributed by atoms with van der Waals surface area (Å²) in [6.45, 7) is 0.708.